The zero-order valence-corrected chi connectivity index (χ0v) is 12.7. The van der Waals surface area contributed by atoms with Gasteiger partial charge in [-0.05, 0) is 25.7 Å². The van der Waals surface area contributed by atoms with Gasteiger partial charge in [-0.25, -0.2) is 0 Å². The van der Waals surface area contributed by atoms with Crippen LogP contribution in [0, 0.1) is 5.92 Å². The molecular formula is C15H31NO3. The average Bonchev–Trinajstić information content (AvgIpc) is 2.89. The lowest BCUT2D eigenvalue weighted by Crippen LogP contribution is -2.43. The molecule has 2 atom stereocenters. The molecule has 114 valence electrons. The lowest BCUT2D eigenvalue weighted by atomic mass is 10.1. The molecule has 0 amide bonds. The van der Waals surface area contributed by atoms with E-state index < -0.39 is 6.10 Å². The highest BCUT2D eigenvalue weighted by atomic mass is 16.5. The summed E-state index contributed by atoms with van der Waals surface area (Å²) >= 11 is 0. The van der Waals surface area contributed by atoms with Crippen LogP contribution < -0.4 is 5.32 Å². The van der Waals surface area contributed by atoms with Crippen molar-refractivity contribution in [2.45, 2.75) is 64.7 Å². The summed E-state index contributed by atoms with van der Waals surface area (Å²) in [5, 5.41) is 13.3. The number of aliphatic hydroxyl groups excluding tert-OH is 1. The highest BCUT2D eigenvalue weighted by molar-refractivity contribution is 4.73. The van der Waals surface area contributed by atoms with Gasteiger partial charge in [0.2, 0.25) is 0 Å². The van der Waals surface area contributed by atoms with Gasteiger partial charge in [-0.2, -0.15) is 0 Å². The minimum absolute atomic E-state index is 0.293. The van der Waals surface area contributed by atoms with Crippen LogP contribution in [-0.4, -0.2) is 49.7 Å². The van der Waals surface area contributed by atoms with Crippen LogP contribution in [0.1, 0.15) is 46.5 Å². The monoisotopic (exact) mass is 273 g/mol. The van der Waals surface area contributed by atoms with Gasteiger partial charge in [-0.1, -0.05) is 26.7 Å². The second-order valence-corrected chi connectivity index (χ2v) is 5.81. The summed E-state index contributed by atoms with van der Waals surface area (Å²) in [5.41, 5.74) is 0. The summed E-state index contributed by atoms with van der Waals surface area (Å²) in [6.45, 7) is 8.78. The summed E-state index contributed by atoms with van der Waals surface area (Å²) < 4.78 is 11.2. The quantitative estimate of drug-likeness (QED) is 0.639. The van der Waals surface area contributed by atoms with E-state index in [-0.39, 0.29) is 0 Å². The van der Waals surface area contributed by atoms with E-state index in [2.05, 4.69) is 19.2 Å². The van der Waals surface area contributed by atoms with Crippen molar-refractivity contribution in [2.24, 2.45) is 5.92 Å². The first-order valence-electron chi connectivity index (χ1n) is 7.74. The van der Waals surface area contributed by atoms with Crippen molar-refractivity contribution in [3.05, 3.63) is 0 Å². The van der Waals surface area contributed by atoms with Gasteiger partial charge in [0.1, 0.15) is 0 Å². The smallest absolute Gasteiger partial charge is 0.0897 e. The van der Waals surface area contributed by atoms with E-state index in [9.17, 15) is 5.11 Å². The van der Waals surface area contributed by atoms with E-state index in [0.29, 0.717) is 37.8 Å². The Morgan fingerprint density at radius 2 is 1.89 bits per heavy atom. The van der Waals surface area contributed by atoms with Crippen molar-refractivity contribution < 1.29 is 14.6 Å². The molecule has 0 radical (unpaired) electrons. The summed E-state index contributed by atoms with van der Waals surface area (Å²) in [6, 6.07) is 0.293. The van der Waals surface area contributed by atoms with Gasteiger partial charge in [-0.15, -0.1) is 0 Å². The third kappa shape index (κ3) is 7.25. The predicted octanol–water partition coefficient (Wildman–Crippen LogP) is 1.96. The molecule has 4 nitrogen and oxygen atoms in total. The van der Waals surface area contributed by atoms with Gasteiger partial charge in [0.05, 0.1) is 25.4 Å². The van der Waals surface area contributed by atoms with E-state index in [1.807, 2.05) is 6.92 Å². The van der Waals surface area contributed by atoms with Gasteiger partial charge in [0.15, 0.2) is 0 Å². The molecule has 0 saturated heterocycles. The molecule has 0 aromatic carbocycles. The first-order valence-corrected chi connectivity index (χ1v) is 7.74. The normalized spacial score (nSPS) is 20.1. The Hall–Kier alpha value is -0.160. The maximum atomic E-state index is 9.94. The molecule has 0 spiro atoms. The van der Waals surface area contributed by atoms with Crippen LogP contribution in [0.25, 0.3) is 0 Å². The molecular weight excluding hydrogens is 242 g/mol. The maximum Gasteiger partial charge on any atom is 0.0897 e. The molecule has 19 heavy (non-hydrogen) atoms. The van der Waals surface area contributed by atoms with Crippen molar-refractivity contribution >= 4 is 0 Å². The number of ether oxygens (including phenoxy) is 2. The standard InChI is InChI=1S/C15H31NO3/c1-4-18-11-15(12(2)3)16-9-13(17)10-19-14-7-5-6-8-14/h12-17H,4-11H2,1-3H3. The Balaban J connectivity index is 2.13. The van der Waals surface area contributed by atoms with E-state index in [1.165, 1.54) is 12.8 Å². The minimum Gasteiger partial charge on any atom is -0.389 e. The number of hydrogen-bond acceptors (Lipinski definition) is 4. The molecule has 1 saturated carbocycles. The van der Waals surface area contributed by atoms with Crippen LogP contribution in [0.15, 0.2) is 0 Å². The van der Waals surface area contributed by atoms with E-state index in [4.69, 9.17) is 9.47 Å². The molecule has 0 aromatic heterocycles. The molecule has 0 bridgehead atoms. The Kier molecular flexibility index (Phi) is 8.62. The zero-order valence-electron chi connectivity index (χ0n) is 12.7. The van der Waals surface area contributed by atoms with Crippen LogP contribution >= 0.6 is 0 Å². The fourth-order valence-electron chi connectivity index (χ4n) is 2.38. The maximum absolute atomic E-state index is 9.94. The topological polar surface area (TPSA) is 50.7 Å². The predicted molar refractivity (Wildman–Crippen MR) is 77.3 cm³/mol. The van der Waals surface area contributed by atoms with E-state index in [1.54, 1.807) is 0 Å². The molecule has 1 fully saturated rings. The van der Waals surface area contributed by atoms with Crippen LogP contribution in [0.3, 0.4) is 0 Å². The first-order chi connectivity index (χ1) is 9.13. The second kappa shape index (κ2) is 9.70. The van der Waals surface area contributed by atoms with E-state index >= 15 is 0 Å². The number of nitrogens with one attached hydrogen (secondary N) is 1. The molecule has 1 aliphatic rings. The Bertz CT molecular complexity index is 217. The van der Waals surface area contributed by atoms with Crippen LogP contribution in [-0.2, 0) is 9.47 Å². The lowest BCUT2D eigenvalue weighted by molar-refractivity contribution is -0.00822. The molecule has 2 unspecified atom stereocenters. The number of aliphatic hydroxyl groups is 1. The molecule has 1 rings (SSSR count). The van der Waals surface area contributed by atoms with Crippen molar-refractivity contribution in [2.75, 3.05) is 26.4 Å². The van der Waals surface area contributed by atoms with Gasteiger partial charge in [-0.3, -0.25) is 0 Å². The number of hydrogen-bond donors (Lipinski definition) is 2. The highest BCUT2D eigenvalue weighted by Crippen LogP contribution is 2.20. The molecule has 1 aliphatic carbocycles. The fraction of sp³-hybridized carbons (Fsp3) is 1.00. The third-order valence-electron chi connectivity index (χ3n) is 3.75. The summed E-state index contributed by atoms with van der Waals surface area (Å²) in [4.78, 5) is 0. The van der Waals surface area contributed by atoms with E-state index in [0.717, 1.165) is 19.4 Å². The number of rotatable bonds is 10. The molecule has 0 aliphatic heterocycles. The van der Waals surface area contributed by atoms with Gasteiger partial charge < -0.3 is 19.9 Å². The van der Waals surface area contributed by atoms with Crippen LogP contribution in [0.5, 0.6) is 0 Å². The molecule has 0 aromatic rings. The first kappa shape index (κ1) is 16.9. The van der Waals surface area contributed by atoms with Gasteiger partial charge in [0, 0.05) is 19.2 Å². The lowest BCUT2D eigenvalue weighted by Gasteiger charge is -2.24. The molecule has 0 heterocycles. The van der Waals surface area contributed by atoms with Crippen molar-refractivity contribution in [3.63, 3.8) is 0 Å². The third-order valence-corrected chi connectivity index (χ3v) is 3.75. The van der Waals surface area contributed by atoms with Crippen molar-refractivity contribution in [1.82, 2.24) is 5.32 Å². The van der Waals surface area contributed by atoms with Crippen molar-refractivity contribution in [3.8, 4) is 0 Å². The minimum atomic E-state index is -0.427. The van der Waals surface area contributed by atoms with Gasteiger partial charge >= 0.3 is 0 Å². The van der Waals surface area contributed by atoms with Crippen LogP contribution in [0.2, 0.25) is 0 Å². The molecule has 4 heteroatoms. The Morgan fingerprint density at radius 1 is 1.21 bits per heavy atom. The second-order valence-electron chi connectivity index (χ2n) is 5.81. The molecule has 2 N–H and O–H groups in total. The highest BCUT2D eigenvalue weighted by Gasteiger charge is 2.18. The SMILES string of the molecule is CCOCC(NCC(O)COC1CCCC1)C(C)C. The zero-order chi connectivity index (χ0) is 14.1. The van der Waals surface area contributed by atoms with Crippen molar-refractivity contribution in [1.29, 1.82) is 0 Å². The fourth-order valence-corrected chi connectivity index (χ4v) is 2.38. The average molecular weight is 273 g/mol. The largest absolute Gasteiger partial charge is 0.389 e. The Labute approximate surface area is 117 Å². The van der Waals surface area contributed by atoms with Gasteiger partial charge in [0.25, 0.3) is 0 Å². The Morgan fingerprint density at radius 3 is 2.47 bits per heavy atom. The summed E-state index contributed by atoms with van der Waals surface area (Å²) in [7, 11) is 0. The van der Waals surface area contributed by atoms with Crippen LogP contribution in [0.4, 0.5) is 0 Å². The summed E-state index contributed by atoms with van der Waals surface area (Å²) in [5.74, 6) is 0.495. The summed E-state index contributed by atoms with van der Waals surface area (Å²) in [6.07, 6.45) is 4.78.